The molecule has 6 nitrogen and oxygen atoms in total. The van der Waals surface area contributed by atoms with Gasteiger partial charge in [0.15, 0.2) is 5.75 Å². The lowest BCUT2D eigenvalue weighted by Gasteiger charge is -2.07. The van der Waals surface area contributed by atoms with Crippen LogP contribution < -0.4 is 9.47 Å². The van der Waals surface area contributed by atoms with Gasteiger partial charge in [-0.1, -0.05) is 6.07 Å². The van der Waals surface area contributed by atoms with Crippen molar-refractivity contribution in [2.45, 2.75) is 6.92 Å². The number of aryl methyl sites for hydroxylation is 1. The first-order valence-corrected chi connectivity index (χ1v) is 4.08. The first-order valence-electron chi connectivity index (χ1n) is 4.08. The van der Waals surface area contributed by atoms with Crippen molar-refractivity contribution in [2.75, 3.05) is 0 Å². The van der Waals surface area contributed by atoms with Gasteiger partial charge in [0.1, 0.15) is 5.69 Å². The smallest absolute Gasteiger partial charge is 0.292 e. The molecule has 0 bridgehead atoms. The van der Waals surface area contributed by atoms with Crippen molar-refractivity contribution in [3.63, 3.8) is 0 Å². The minimum absolute atomic E-state index is 0.0173. The number of carbonyl (C=O) groups excluding carboxylic acids is 1. The van der Waals surface area contributed by atoms with Gasteiger partial charge in [-0.3, -0.25) is 0 Å². The van der Waals surface area contributed by atoms with E-state index in [2.05, 4.69) is 14.5 Å². The molecule has 0 fully saturated rings. The fourth-order valence-corrected chi connectivity index (χ4v) is 1.11. The summed E-state index contributed by atoms with van der Waals surface area (Å²) in [6.45, 7) is 1.66. The molecule has 0 aromatic heterocycles. The van der Waals surface area contributed by atoms with Crippen LogP contribution in [-0.4, -0.2) is 6.08 Å². The van der Waals surface area contributed by atoms with Gasteiger partial charge in [0.2, 0.25) is 11.8 Å². The van der Waals surface area contributed by atoms with Crippen molar-refractivity contribution in [3.8, 4) is 24.0 Å². The van der Waals surface area contributed by atoms with Crippen LogP contribution >= 0.6 is 0 Å². The zero-order valence-corrected chi connectivity index (χ0v) is 8.22. The lowest BCUT2D eigenvalue weighted by atomic mass is 10.2. The first-order chi connectivity index (χ1) is 7.74. The minimum Gasteiger partial charge on any atom is -0.384 e. The van der Waals surface area contributed by atoms with Crippen molar-refractivity contribution in [1.29, 1.82) is 10.5 Å². The third kappa shape index (κ3) is 2.16. The van der Waals surface area contributed by atoms with Crippen LogP contribution in [0.15, 0.2) is 17.1 Å². The second kappa shape index (κ2) is 5.16. The zero-order valence-electron chi connectivity index (χ0n) is 8.22. The summed E-state index contributed by atoms with van der Waals surface area (Å²) >= 11 is 0. The van der Waals surface area contributed by atoms with E-state index in [9.17, 15) is 4.79 Å². The third-order valence-corrected chi connectivity index (χ3v) is 1.76. The summed E-state index contributed by atoms with van der Waals surface area (Å²) in [6, 6.07) is 3.02. The van der Waals surface area contributed by atoms with E-state index < -0.39 is 0 Å². The van der Waals surface area contributed by atoms with Crippen LogP contribution in [0.3, 0.4) is 0 Å². The number of benzene rings is 1. The lowest BCUT2D eigenvalue weighted by molar-refractivity contribution is 0.442. The Bertz CT molecular complexity index is 533. The van der Waals surface area contributed by atoms with Gasteiger partial charge >= 0.3 is 0 Å². The second-order valence-electron chi connectivity index (χ2n) is 2.65. The number of ether oxygens (including phenoxy) is 2. The Morgan fingerprint density at radius 2 is 1.94 bits per heavy atom. The molecule has 78 valence electrons. The molecule has 0 heterocycles. The molecule has 1 aromatic rings. The quantitative estimate of drug-likeness (QED) is 0.434. The van der Waals surface area contributed by atoms with Gasteiger partial charge in [0, 0.05) is 0 Å². The van der Waals surface area contributed by atoms with E-state index in [1.807, 2.05) is 0 Å². The van der Waals surface area contributed by atoms with Crippen LogP contribution in [0.4, 0.5) is 5.69 Å². The summed E-state index contributed by atoms with van der Waals surface area (Å²) in [5, 5.41) is 16.8. The molecule has 0 N–H and O–H groups in total. The Labute approximate surface area is 91.0 Å². The molecule has 0 spiro atoms. The molecule has 0 saturated carbocycles. The highest BCUT2D eigenvalue weighted by molar-refractivity contribution is 5.67. The molecule has 1 rings (SSSR count). The fraction of sp³-hybridized carbons (Fsp3) is 0.100. The fourth-order valence-electron chi connectivity index (χ4n) is 1.11. The zero-order chi connectivity index (χ0) is 12.0. The predicted molar refractivity (Wildman–Crippen MR) is 51.4 cm³/mol. The van der Waals surface area contributed by atoms with Crippen molar-refractivity contribution >= 4 is 11.8 Å². The number of hydrogen-bond donors (Lipinski definition) is 0. The highest BCUT2D eigenvalue weighted by Gasteiger charge is 2.14. The third-order valence-electron chi connectivity index (χ3n) is 1.76. The Morgan fingerprint density at radius 1 is 1.25 bits per heavy atom. The molecule has 0 unspecified atom stereocenters. The Hall–Kier alpha value is -2.82. The highest BCUT2D eigenvalue weighted by Crippen LogP contribution is 2.39. The van der Waals surface area contributed by atoms with Gasteiger partial charge in [-0.25, -0.2) is 4.79 Å². The average Bonchev–Trinajstić information content (AvgIpc) is 2.27. The topological polar surface area (TPSA) is 95.5 Å². The molecule has 16 heavy (non-hydrogen) atoms. The van der Waals surface area contributed by atoms with E-state index in [-0.39, 0.29) is 17.2 Å². The van der Waals surface area contributed by atoms with Crippen molar-refractivity contribution in [1.82, 2.24) is 0 Å². The summed E-state index contributed by atoms with van der Waals surface area (Å²) in [5.41, 5.74) is 0.711. The molecule has 0 aliphatic heterocycles. The normalized spacial score (nSPS) is 8.19. The molecular formula is C10H5N3O3. The summed E-state index contributed by atoms with van der Waals surface area (Å²) in [5.74, 6) is -0.0592. The first kappa shape index (κ1) is 11.3. The highest BCUT2D eigenvalue weighted by atomic mass is 16.5. The maximum atomic E-state index is 10.2. The van der Waals surface area contributed by atoms with Gasteiger partial charge in [0.25, 0.3) is 12.5 Å². The van der Waals surface area contributed by atoms with E-state index in [0.29, 0.717) is 5.56 Å². The molecule has 0 atom stereocenters. The Balaban J connectivity index is 3.44. The molecule has 6 heteroatoms. The number of hydrogen-bond acceptors (Lipinski definition) is 6. The summed E-state index contributed by atoms with van der Waals surface area (Å²) in [4.78, 5) is 13.6. The molecule has 0 saturated heterocycles. The van der Waals surface area contributed by atoms with E-state index in [1.54, 1.807) is 13.0 Å². The van der Waals surface area contributed by atoms with Crippen LogP contribution in [0.2, 0.25) is 0 Å². The molecule has 0 radical (unpaired) electrons. The van der Waals surface area contributed by atoms with Gasteiger partial charge in [0.05, 0.1) is 0 Å². The molecule has 0 aliphatic rings. The number of nitriles is 2. The molecule has 1 aromatic carbocycles. The van der Waals surface area contributed by atoms with Gasteiger partial charge in [-0.2, -0.15) is 4.99 Å². The maximum Gasteiger partial charge on any atom is 0.292 e. The molecule has 0 amide bonds. The number of nitrogens with zero attached hydrogens (tertiary/aromatic N) is 3. The average molecular weight is 215 g/mol. The standard InChI is InChI=1S/C10H5N3O3/c1-7-2-3-8(15-4-11)10(16-5-12)9(7)13-6-14/h2-3H,1H3. The van der Waals surface area contributed by atoms with Gasteiger partial charge in [-0.05, 0) is 18.6 Å². The Morgan fingerprint density at radius 3 is 2.50 bits per heavy atom. The monoisotopic (exact) mass is 215 g/mol. The van der Waals surface area contributed by atoms with Crippen LogP contribution in [0.1, 0.15) is 5.56 Å². The molecular weight excluding hydrogens is 210 g/mol. The van der Waals surface area contributed by atoms with E-state index in [0.717, 1.165) is 0 Å². The van der Waals surface area contributed by atoms with Crippen molar-refractivity contribution in [2.24, 2.45) is 4.99 Å². The van der Waals surface area contributed by atoms with Crippen LogP contribution in [-0.2, 0) is 4.79 Å². The van der Waals surface area contributed by atoms with E-state index >= 15 is 0 Å². The maximum absolute atomic E-state index is 10.2. The lowest BCUT2D eigenvalue weighted by Crippen LogP contribution is -1.91. The van der Waals surface area contributed by atoms with Crippen molar-refractivity contribution in [3.05, 3.63) is 17.7 Å². The largest absolute Gasteiger partial charge is 0.384 e. The number of aliphatic imine (C=N–C) groups is 1. The van der Waals surface area contributed by atoms with Crippen LogP contribution in [0.5, 0.6) is 11.5 Å². The summed E-state index contributed by atoms with van der Waals surface area (Å²) in [7, 11) is 0. The van der Waals surface area contributed by atoms with Crippen LogP contribution in [0.25, 0.3) is 0 Å². The predicted octanol–water partition coefficient (Wildman–Crippen LogP) is 1.68. The SMILES string of the molecule is Cc1ccc(OC#N)c(OC#N)c1N=C=O. The van der Waals surface area contributed by atoms with E-state index in [4.69, 9.17) is 10.5 Å². The minimum atomic E-state index is -0.0765. The number of rotatable bonds is 3. The summed E-state index contributed by atoms with van der Waals surface area (Å²) in [6.07, 6.45) is 4.21. The number of isocyanates is 1. The second-order valence-corrected chi connectivity index (χ2v) is 2.65. The van der Waals surface area contributed by atoms with Crippen molar-refractivity contribution < 1.29 is 14.3 Å². The van der Waals surface area contributed by atoms with E-state index in [1.165, 1.54) is 24.7 Å². The molecule has 0 aliphatic carbocycles. The van der Waals surface area contributed by atoms with Gasteiger partial charge < -0.3 is 9.47 Å². The van der Waals surface area contributed by atoms with Crippen LogP contribution in [0, 0.1) is 30.0 Å². The summed E-state index contributed by atoms with van der Waals surface area (Å²) < 4.78 is 9.18. The Kier molecular flexibility index (Phi) is 3.63. The van der Waals surface area contributed by atoms with Gasteiger partial charge in [-0.15, -0.1) is 10.5 Å².